The summed E-state index contributed by atoms with van der Waals surface area (Å²) in [5, 5.41) is 0. The molecule has 0 radical (unpaired) electrons. The molecule has 1 aliphatic rings. The van der Waals surface area contributed by atoms with Gasteiger partial charge in [0.25, 0.3) is 0 Å². The second-order valence-corrected chi connectivity index (χ2v) is 6.76. The quantitative estimate of drug-likeness (QED) is 0.735. The highest BCUT2D eigenvalue weighted by Gasteiger charge is 2.22. The summed E-state index contributed by atoms with van der Waals surface area (Å²) in [6, 6.07) is 13.8. The number of hydrogen-bond donors (Lipinski definition) is 0. The number of ether oxygens (including phenoxy) is 3. The maximum Gasteiger partial charge on any atom is 0.223 e. The normalized spacial score (nSPS) is 14.0. The lowest BCUT2D eigenvalue weighted by molar-refractivity contribution is -0.131. The van der Waals surface area contributed by atoms with Gasteiger partial charge in [-0.3, -0.25) is 4.79 Å². The number of piperazine rings is 1. The zero-order chi connectivity index (χ0) is 19.9. The molecule has 3 rings (SSSR count). The lowest BCUT2D eigenvalue weighted by atomic mass is 10.1. The number of carbonyl (C=O) groups excluding carboxylic acids is 1. The lowest BCUT2D eigenvalue weighted by Crippen LogP contribution is -2.48. The minimum absolute atomic E-state index is 0.204. The van der Waals surface area contributed by atoms with Crippen molar-refractivity contribution in [2.75, 3.05) is 52.4 Å². The van der Waals surface area contributed by atoms with E-state index in [9.17, 15) is 4.79 Å². The molecule has 2 aromatic carbocycles. The Bertz CT molecular complexity index is 801. The summed E-state index contributed by atoms with van der Waals surface area (Å²) in [5.74, 6) is 2.47. The van der Waals surface area contributed by atoms with Gasteiger partial charge in [0.1, 0.15) is 5.75 Å². The van der Waals surface area contributed by atoms with Gasteiger partial charge in [-0.15, -0.1) is 0 Å². The first-order valence-corrected chi connectivity index (χ1v) is 9.52. The van der Waals surface area contributed by atoms with Gasteiger partial charge in [-0.05, 0) is 36.2 Å². The van der Waals surface area contributed by atoms with E-state index >= 15 is 0 Å². The van der Waals surface area contributed by atoms with Crippen LogP contribution in [0.2, 0.25) is 0 Å². The highest BCUT2D eigenvalue weighted by molar-refractivity contribution is 5.77. The fraction of sp³-hybridized carbons (Fsp3) is 0.409. The third kappa shape index (κ3) is 4.68. The lowest BCUT2D eigenvalue weighted by Gasteiger charge is -2.36. The Balaban J connectivity index is 1.52. The van der Waals surface area contributed by atoms with Crippen LogP contribution in [0.15, 0.2) is 42.5 Å². The topological polar surface area (TPSA) is 51.2 Å². The van der Waals surface area contributed by atoms with Crippen molar-refractivity contribution >= 4 is 11.6 Å². The molecule has 1 saturated heterocycles. The van der Waals surface area contributed by atoms with Gasteiger partial charge in [-0.2, -0.15) is 0 Å². The summed E-state index contributed by atoms with van der Waals surface area (Å²) in [5.41, 5.74) is 2.21. The van der Waals surface area contributed by atoms with Crippen molar-refractivity contribution in [3.05, 3.63) is 48.0 Å². The van der Waals surface area contributed by atoms with Crippen LogP contribution in [0, 0.1) is 0 Å². The van der Waals surface area contributed by atoms with Gasteiger partial charge in [-0.25, -0.2) is 0 Å². The van der Waals surface area contributed by atoms with E-state index in [0.717, 1.165) is 61.1 Å². The average Bonchev–Trinajstić information content (AvgIpc) is 2.77. The summed E-state index contributed by atoms with van der Waals surface area (Å²) in [6.45, 7) is 3.07. The number of nitrogens with zero attached hydrogens (tertiary/aromatic N) is 2. The first kappa shape index (κ1) is 19.9. The summed E-state index contributed by atoms with van der Waals surface area (Å²) >= 11 is 0. The Morgan fingerprint density at radius 1 is 0.893 bits per heavy atom. The summed E-state index contributed by atoms with van der Waals surface area (Å²) < 4.78 is 15.9. The molecule has 0 aromatic heterocycles. The third-order valence-corrected chi connectivity index (χ3v) is 5.13. The third-order valence-electron chi connectivity index (χ3n) is 5.13. The SMILES string of the molecule is COc1cccc(CCC(=O)N2CCN(c3ccc(OC)c(OC)c3)CC2)c1. The molecule has 0 unspecified atom stereocenters. The van der Waals surface area contributed by atoms with Gasteiger partial charge < -0.3 is 24.0 Å². The van der Waals surface area contributed by atoms with Crippen LogP contribution in [0.5, 0.6) is 17.2 Å². The van der Waals surface area contributed by atoms with Crippen LogP contribution < -0.4 is 19.1 Å². The Morgan fingerprint density at radius 3 is 2.32 bits per heavy atom. The summed E-state index contributed by atoms with van der Waals surface area (Å²) in [6.07, 6.45) is 1.25. The predicted octanol–water partition coefficient (Wildman–Crippen LogP) is 2.99. The van der Waals surface area contributed by atoms with Crippen LogP contribution >= 0.6 is 0 Å². The van der Waals surface area contributed by atoms with E-state index in [1.165, 1.54) is 0 Å². The molecule has 0 saturated carbocycles. The Morgan fingerprint density at radius 2 is 1.64 bits per heavy atom. The van der Waals surface area contributed by atoms with Crippen molar-refractivity contribution < 1.29 is 19.0 Å². The molecule has 0 spiro atoms. The summed E-state index contributed by atoms with van der Waals surface area (Å²) in [7, 11) is 4.93. The second-order valence-electron chi connectivity index (χ2n) is 6.76. The monoisotopic (exact) mass is 384 g/mol. The molecule has 1 heterocycles. The number of rotatable bonds is 7. The number of methoxy groups -OCH3 is 3. The number of anilines is 1. The first-order valence-electron chi connectivity index (χ1n) is 9.52. The van der Waals surface area contributed by atoms with Crippen LogP contribution in [0.4, 0.5) is 5.69 Å². The van der Waals surface area contributed by atoms with Crippen LogP contribution in [0.25, 0.3) is 0 Å². The highest BCUT2D eigenvalue weighted by atomic mass is 16.5. The van der Waals surface area contributed by atoms with E-state index in [4.69, 9.17) is 14.2 Å². The summed E-state index contributed by atoms with van der Waals surface area (Å²) in [4.78, 5) is 16.8. The van der Waals surface area contributed by atoms with Crippen molar-refractivity contribution in [1.29, 1.82) is 0 Å². The molecular formula is C22H28N2O4. The van der Waals surface area contributed by atoms with E-state index in [2.05, 4.69) is 4.90 Å². The molecule has 6 nitrogen and oxygen atoms in total. The number of amides is 1. The average molecular weight is 384 g/mol. The van der Waals surface area contributed by atoms with Crippen molar-refractivity contribution in [1.82, 2.24) is 4.90 Å². The van der Waals surface area contributed by atoms with Gasteiger partial charge >= 0.3 is 0 Å². The van der Waals surface area contributed by atoms with E-state index in [0.29, 0.717) is 6.42 Å². The predicted molar refractivity (Wildman–Crippen MR) is 110 cm³/mol. The number of carbonyl (C=O) groups is 1. The zero-order valence-corrected chi connectivity index (χ0v) is 16.8. The highest BCUT2D eigenvalue weighted by Crippen LogP contribution is 2.31. The van der Waals surface area contributed by atoms with Gasteiger partial charge in [0.2, 0.25) is 5.91 Å². The molecule has 0 N–H and O–H groups in total. The maximum absolute atomic E-state index is 12.6. The molecule has 1 amide bonds. The minimum Gasteiger partial charge on any atom is -0.497 e. The van der Waals surface area contributed by atoms with Crippen LogP contribution in [-0.4, -0.2) is 58.3 Å². The van der Waals surface area contributed by atoms with Crippen LogP contribution in [-0.2, 0) is 11.2 Å². The second kappa shape index (κ2) is 9.35. The molecule has 28 heavy (non-hydrogen) atoms. The van der Waals surface area contributed by atoms with Crippen molar-refractivity contribution in [2.45, 2.75) is 12.8 Å². The van der Waals surface area contributed by atoms with Gasteiger partial charge in [0.15, 0.2) is 11.5 Å². The van der Waals surface area contributed by atoms with Crippen molar-refractivity contribution in [3.8, 4) is 17.2 Å². The van der Waals surface area contributed by atoms with Gasteiger partial charge in [0.05, 0.1) is 21.3 Å². The zero-order valence-electron chi connectivity index (χ0n) is 16.8. The van der Waals surface area contributed by atoms with E-state index in [1.54, 1.807) is 21.3 Å². The van der Waals surface area contributed by atoms with Gasteiger partial charge in [0, 0.05) is 44.4 Å². The molecule has 150 valence electrons. The molecule has 6 heteroatoms. The molecule has 2 aromatic rings. The van der Waals surface area contributed by atoms with Crippen LogP contribution in [0.1, 0.15) is 12.0 Å². The fourth-order valence-corrected chi connectivity index (χ4v) is 3.47. The molecule has 1 fully saturated rings. The Labute approximate surface area is 166 Å². The molecular weight excluding hydrogens is 356 g/mol. The van der Waals surface area contributed by atoms with Crippen LogP contribution in [0.3, 0.4) is 0 Å². The number of aryl methyl sites for hydroxylation is 1. The molecule has 1 aliphatic heterocycles. The molecule has 0 atom stereocenters. The van der Waals surface area contributed by atoms with Crippen molar-refractivity contribution in [3.63, 3.8) is 0 Å². The largest absolute Gasteiger partial charge is 0.497 e. The molecule has 0 bridgehead atoms. The van der Waals surface area contributed by atoms with Crippen molar-refractivity contribution in [2.24, 2.45) is 0 Å². The number of hydrogen-bond acceptors (Lipinski definition) is 5. The molecule has 0 aliphatic carbocycles. The standard InChI is InChI=1S/C22H28N2O4/c1-26-19-6-4-5-17(15-19)7-10-22(25)24-13-11-23(12-14-24)18-8-9-20(27-2)21(16-18)28-3/h4-6,8-9,15-16H,7,10-14H2,1-3H3. The smallest absolute Gasteiger partial charge is 0.223 e. The van der Waals surface area contributed by atoms with E-state index in [1.807, 2.05) is 47.4 Å². The van der Waals surface area contributed by atoms with E-state index in [-0.39, 0.29) is 5.91 Å². The maximum atomic E-state index is 12.6. The Kier molecular flexibility index (Phi) is 6.63. The fourth-order valence-electron chi connectivity index (χ4n) is 3.47. The first-order chi connectivity index (χ1) is 13.6. The van der Waals surface area contributed by atoms with E-state index < -0.39 is 0 Å². The minimum atomic E-state index is 0.204. The Hall–Kier alpha value is -2.89. The number of benzene rings is 2. The van der Waals surface area contributed by atoms with Gasteiger partial charge in [-0.1, -0.05) is 12.1 Å².